The average Bonchev–Trinajstić information content (AvgIpc) is 2.46. The molecule has 2 amide bonds. The van der Waals surface area contributed by atoms with Crippen molar-refractivity contribution < 1.29 is 14.0 Å². The van der Waals surface area contributed by atoms with Crippen molar-refractivity contribution >= 4 is 17.6 Å². The van der Waals surface area contributed by atoms with E-state index >= 15 is 0 Å². The Morgan fingerprint density at radius 2 is 1.95 bits per heavy atom. The lowest BCUT2D eigenvalue weighted by molar-refractivity contribution is -0.114. The Kier molecular flexibility index (Phi) is 4.07. The zero-order valence-corrected chi connectivity index (χ0v) is 11.2. The summed E-state index contributed by atoms with van der Waals surface area (Å²) >= 11 is 0. The summed E-state index contributed by atoms with van der Waals surface area (Å²) in [6.45, 7) is 3.41. The molecule has 0 saturated heterocycles. The van der Waals surface area contributed by atoms with E-state index in [9.17, 15) is 14.0 Å². The second-order valence-electron chi connectivity index (χ2n) is 4.16. The number of carbonyl (C=O) groups excluding carboxylic acids is 2. The number of carbonyl (C=O) groups is 2. The fraction of sp³-hybridized carbons (Fsp3) is 0. The van der Waals surface area contributed by atoms with Crippen molar-refractivity contribution in [1.29, 1.82) is 0 Å². The molecule has 0 fully saturated rings. The molecule has 2 aromatic rings. The fourth-order valence-electron chi connectivity index (χ4n) is 1.52. The molecule has 5 N–H and O–H groups in total. The van der Waals surface area contributed by atoms with Gasteiger partial charge in [0.1, 0.15) is 11.5 Å². The van der Waals surface area contributed by atoms with Gasteiger partial charge in [0.15, 0.2) is 5.82 Å². The molecular formula is C13H11FN6O2. The second-order valence-corrected chi connectivity index (χ2v) is 4.16. The maximum absolute atomic E-state index is 13.2. The minimum absolute atomic E-state index is 0.0253. The molecule has 8 nitrogen and oxygen atoms in total. The van der Waals surface area contributed by atoms with Gasteiger partial charge in [0.2, 0.25) is 5.95 Å². The Labute approximate surface area is 124 Å². The standard InChI is InChI=1S/C13H11FN6O2/c1-6(11(15)21)18-10-5-8(12(16)22)19-13(20-10)7-2-3-17-9(14)4-7/h2-5H,1H2,(H2,15,21)(H2,16,22)(H,18,19,20). The zero-order valence-electron chi connectivity index (χ0n) is 11.2. The van der Waals surface area contributed by atoms with Crippen LogP contribution in [0.1, 0.15) is 10.5 Å². The molecule has 0 aromatic carbocycles. The highest BCUT2D eigenvalue weighted by Gasteiger charge is 2.13. The number of halogens is 1. The molecule has 112 valence electrons. The smallest absolute Gasteiger partial charge is 0.267 e. The number of nitrogens with two attached hydrogens (primary N) is 2. The van der Waals surface area contributed by atoms with E-state index in [-0.39, 0.29) is 28.6 Å². The molecule has 0 unspecified atom stereocenters. The first-order valence-corrected chi connectivity index (χ1v) is 5.93. The number of hydrogen-bond donors (Lipinski definition) is 3. The molecule has 9 heteroatoms. The summed E-state index contributed by atoms with van der Waals surface area (Å²) in [6, 6.07) is 3.76. The van der Waals surface area contributed by atoms with E-state index in [1.165, 1.54) is 18.3 Å². The van der Waals surface area contributed by atoms with Crippen molar-refractivity contribution in [2.75, 3.05) is 5.32 Å². The van der Waals surface area contributed by atoms with Gasteiger partial charge in [-0.1, -0.05) is 6.58 Å². The highest BCUT2D eigenvalue weighted by molar-refractivity contribution is 5.95. The van der Waals surface area contributed by atoms with Crippen molar-refractivity contribution in [1.82, 2.24) is 15.0 Å². The molecular weight excluding hydrogens is 291 g/mol. The summed E-state index contributed by atoms with van der Waals surface area (Å²) in [5.41, 5.74) is 10.3. The lowest BCUT2D eigenvalue weighted by atomic mass is 10.2. The Morgan fingerprint density at radius 1 is 1.23 bits per heavy atom. The van der Waals surface area contributed by atoms with Crippen molar-refractivity contribution in [3.05, 3.63) is 48.3 Å². The predicted molar refractivity (Wildman–Crippen MR) is 75.7 cm³/mol. The van der Waals surface area contributed by atoms with E-state index in [0.29, 0.717) is 0 Å². The zero-order chi connectivity index (χ0) is 16.3. The van der Waals surface area contributed by atoms with E-state index in [4.69, 9.17) is 11.5 Å². The highest BCUT2D eigenvalue weighted by Crippen LogP contribution is 2.18. The quantitative estimate of drug-likeness (QED) is 0.532. The number of primary amides is 2. The van der Waals surface area contributed by atoms with E-state index in [1.807, 2.05) is 0 Å². The first kappa shape index (κ1) is 15.0. The van der Waals surface area contributed by atoms with Crippen molar-refractivity contribution in [2.24, 2.45) is 11.5 Å². The number of rotatable bonds is 5. The van der Waals surface area contributed by atoms with Gasteiger partial charge in [0, 0.05) is 23.9 Å². The lowest BCUT2D eigenvalue weighted by Gasteiger charge is -2.09. The van der Waals surface area contributed by atoms with Gasteiger partial charge in [-0.2, -0.15) is 4.39 Å². The number of nitrogens with zero attached hydrogens (tertiary/aromatic N) is 3. The normalized spacial score (nSPS) is 10.0. The van der Waals surface area contributed by atoms with Gasteiger partial charge < -0.3 is 16.8 Å². The molecule has 0 spiro atoms. The summed E-state index contributed by atoms with van der Waals surface area (Å²) in [7, 11) is 0. The van der Waals surface area contributed by atoms with Crippen LogP contribution in [0.25, 0.3) is 11.4 Å². The molecule has 22 heavy (non-hydrogen) atoms. The fourth-order valence-corrected chi connectivity index (χ4v) is 1.52. The van der Waals surface area contributed by atoms with Crippen LogP contribution >= 0.6 is 0 Å². The van der Waals surface area contributed by atoms with E-state index in [2.05, 4.69) is 26.8 Å². The molecule has 0 atom stereocenters. The first-order valence-electron chi connectivity index (χ1n) is 5.93. The monoisotopic (exact) mass is 302 g/mol. The van der Waals surface area contributed by atoms with Gasteiger partial charge in [0.25, 0.3) is 11.8 Å². The average molecular weight is 302 g/mol. The number of nitrogens with one attached hydrogen (secondary N) is 1. The predicted octanol–water partition coefficient (Wildman–Crippen LogP) is 0.187. The second kappa shape index (κ2) is 5.95. The molecule has 2 aromatic heterocycles. The van der Waals surface area contributed by atoms with E-state index in [0.717, 1.165) is 6.07 Å². The molecule has 0 aliphatic heterocycles. The Balaban J connectivity index is 2.50. The van der Waals surface area contributed by atoms with Crippen molar-refractivity contribution in [3.63, 3.8) is 0 Å². The third-order valence-electron chi connectivity index (χ3n) is 2.54. The summed E-state index contributed by atoms with van der Waals surface area (Å²) < 4.78 is 13.2. The third kappa shape index (κ3) is 3.39. The maximum atomic E-state index is 13.2. The minimum Gasteiger partial charge on any atom is -0.364 e. The van der Waals surface area contributed by atoms with Crippen LogP contribution in [-0.4, -0.2) is 26.8 Å². The Morgan fingerprint density at radius 3 is 2.55 bits per heavy atom. The first-order chi connectivity index (χ1) is 10.4. The topological polar surface area (TPSA) is 137 Å². The van der Waals surface area contributed by atoms with Crippen LogP contribution in [0.15, 0.2) is 36.7 Å². The van der Waals surface area contributed by atoms with Gasteiger partial charge in [0.05, 0.1) is 5.70 Å². The minimum atomic E-state index is -0.814. The number of anilines is 1. The third-order valence-corrected chi connectivity index (χ3v) is 2.54. The summed E-state index contributed by atoms with van der Waals surface area (Å²) in [5, 5.41) is 2.52. The number of amides is 2. The largest absolute Gasteiger partial charge is 0.364 e. The van der Waals surface area contributed by atoms with Crippen LogP contribution in [-0.2, 0) is 4.79 Å². The lowest BCUT2D eigenvalue weighted by Crippen LogP contribution is -2.20. The van der Waals surface area contributed by atoms with E-state index in [1.54, 1.807) is 0 Å². The van der Waals surface area contributed by atoms with E-state index < -0.39 is 17.8 Å². The van der Waals surface area contributed by atoms with Crippen LogP contribution in [0, 0.1) is 5.95 Å². The molecule has 0 aliphatic carbocycles. The molecule has 0 aliphatic rings. The molecule has 2 rings (SSSR count). The van der Waals surface area contributed by atoms with Gasteiger partial charge in [-0.05, 0) is 6.07 Å². The van der Waals surface area contributed by atoms with Crippen LogP contribution < -0.4 is 16.8 Å². The van der Waals surface area contributed by atoms with Crippen LogP contribution in [0.5, 0.6) is 0 Å². The Bertz CT molecular complexity index is 777. The number of pyridine rings is 1. The summed E-state index contributed by atoms with van der Waals surface area (Å²) in [6.07, 6.45) is 1.22. The van der Waals surface area contributed by atoms with Gasteiger partial charge in [-0.25, -0.2) is 15.0 Å². The van der Waals surface area contributed by atoms with Gasteiger partial charge in [-0.15, -0.1) is 0 Å². The van der Waals surface area contributed by atoms with Gasteiger partial charge >= 0.3 is 0 Å². The molecule has 0 radical (unpaired) electrons. The number of aromatic nitrogens is 3. The molecule has 2 heterocycles. The van der Waals surface area contributed by atoms with Crippen molar-refractivity contribution in [3.8, 4) is 11.4 Å². The molecule has 0 bridgehead atoms. The van der Waals surface area contributed by atoms with Gasteiger partial charge in [-0.3, -0.25) is 9.59 Å². The van der Waals surface area contributed by atoms with Crippen LogP contribution in [0.3, 0.4) is 0 Å². The van der Waals surface area contributed by atoms with Crippen LogP contribution in [0.2, 0.25) is 0 Å². The maximum Gasteiger partial charge on any atom is 0.267 e. The SMILES string of the molecule is C=C(Nc1cc(C(N)=O)nc(-c2ccnc(F)c2)n1)C(N)=O. The molecule has 0 saturated carbocycles. The number of hydrogen-bond acceptors (Lipinski definition) is 6. The Hall–Kier alpha value is -3.36. The summed E-state index contributed by atoms with van der Waals surface area (Å²) in [5.74, 6) is -2.25. The van der Waals surface area contributed by atoms with Crippen molar-refractivity contribution in [2.45, 2.75) is 0 Å². The summed E-state index contributed by atoms with van der Waals surface area (Å²) in [4.78, 5) is 33.7. The highest BCUT2D eigenvalue weighted by atomic mass is 19.1. The van der Waals surface area contributed by atoms with Crippen LogP contribution in [0.4, 0.5) is 10.2 Å².